The third-order valence-corrected chi connectivity index (χ3v) is 3.61. The number of fused-ring (bicyclic) bond motifs is 1. The van der Waals surface area contributed by atoms with E-state index in [2.05, 4.69) is 0 Å². The summed E-state index contributed by atoms with van der Waals surface area (Å²) in [7, 11) is 0. The Balaban J connectivity index is 2.23. The van der Waals surface area contributed by atoms with E-state index in [1.807, 2.05) is 35.2 Å². The van der Waals surface area contributed by atoms with Crippen molar-refractivity contribution in [2.75, 3.05) is 18.0 Å². The molecule has 4 heteroatoms. The first kappa shape index (κ1) is 12.0. The molecule has 0 amide bonds. The summed E-state index contributed by atoms with van der Waals surface area (Å²) in [6.45, 7) is 1.18. The highest BCUT2D eigenvalue weighted by Crippen LogP contribution is 2.33. The number of nitrogens with zero attached hydrogens (tertiary/aromatic N) is 1. The van der Waals surface area contributed by atoms with Gasteiger partial charge in [0.15, 0.2) is 0 Å². The molecule has 1 fully saturated rings. The van der Waals surface area contributed by atoms with Crippen molar-refractivity contribution in [3.8, 4) is 0 Å². The van der Waals surface area contributed by atoms with Gasteiger partial charge >= 0.3 is 5.97 Å². The van der Waals surface area contributed by atoms with Crippen molar-refractivity contribution in [2.24, 2.45) is 0 Å². The Kier molecular flexibility index (Phi) is 2.87. The van der Waals surface area contributed by atoms with Gasteiger partial charge in [-0.25, -0.2) is 4.79 Å². The molecule has 4 nitrogen and oxygen atoms in total. The lowest BCUT2D eigenvalue weighted by Gasteiger charge is -2.22. The molecule has 2 aromatic rings. The maximum absolute atomic E-state index is 11.4. The van der Waals surface area contributed by atoms with Crippen LogP contribution >= 0.6 is 0 Å². The van der Waals surface area contributed by atoms with Gasteiger partial charge in [-0.15, -0.1) is 0 Å². The molecule has 19 heavy (non-hydrogen) atoms. The quantitative estimate of drug-likeness (QED) is 0.865. The van der Waals surface area contributed by atoms with E-state index in [0.717, 1.165) is 16.5 Å². The third kappa shape index (κ3) is 2.04. The molecule has 1 aliphatic rings. The fraction of sp³-hybridized carbons (Fsp3) is 0.267. The van der Waals surface area contributed by atoms with Gasteiger partial charge in [-0.3, -0.25) is 0 Å². The second-order valence-electron chi connectivity index (χ2n) is 4.88. The molecule has 1 aliphatic heterocycles. The summed E-state index contributed by atoms with van der Waals surface area (Å²) in [5.41, 5.74) is 1.02. The molecule has 1 saturated heterocycles. The topological polar surface area (TPSA) is 60.8 Å². The summed E-state index contributed by atoms with van der Waals surface area (Å²) in [5, 5.41) is 21.0. The Morgan fingerprint density at radius 3 is 2.68 bits per heavy atom. The van der Waals surface area contributed by atoms with Crippen molar-refractivity contribution < 1.29 is 15.0 Å². The van der Waals surface area contributed by atoms with Crippen molar-refractivity contribution >= 4 is 22.4 Å². The lowest BCUT2D eigenvalue weighted by Crippen LogP contribution is -2.23. The second-order valence-corrected chi connectivity index (χ2v) is 4.88. The number of aliphatic hydroxyl groups excluding tert-OH is 1. The van der Waals surface area contributed by atoms with Gasteiger partial charge in [0.2, 0.25) is 0 Å². The third-order valence-electron chi connectivity index (χ3n) is 3.61. The van der Waals surface area contributed by atoms with Crippen molar-refractivity contribution in [3.63, 3.8) is 0 Å². The fourth-order valence-corrected chi connectivity index (χ4v) is 2.71. The van der Waals surface area contributed by atoms with Crippen LogP contribution in [0.4, 0.5) is 5.69 Å². The highest BCUT2D eigenvalue weighted by Gasteiger charge is 2.25. The number of carboxylic acids is 1. The number of carboxylic acid groups (broad SMARTS) is 1. The normalized spacial score (nSPS) is 19.0. The zero-order valence-electron chi connectivity index (χ0n) is 10.4. The Morgan fingerprint density at radius 1 is 1.21 bits per heavy atom. The van der Waals surface area contributed by atoms with Crippen LogP contribution in [0.3, 0.4) is 0 Å². The number of anilines is 1. The van der Waals surface area contributed by atoms with Crippen molar-refractivity contribution in [1.82, 2.24) is 0 Å². The van der Waals surface area contributed by atoms with Crippen LogP contribution in [-0.4, -0.2) is 35.4 Å². The highest BCUT2D eigenvalue weighted by molar-refractivity contribution is 6.06. The zero-order valence-corrected chi connectivity index (χ0v) is 10.4. The van der Waals surface area contributed by atoms with E-state index >= 15 is 0 Å². The van der Waals surface area contributed by atoms with Crippen LogP contribution in [0.1, 0.15) is 16.8 Å². The Bertz CT molecular complexity index is 638. The molecular formula is C15H15NO3. The minimum Gasteiger partial charge on any atom is -0.478 e. The molecule has 0 radical (unpaired) electrons. The molecule has 0 aliphatic carbocycles. The van der Waals surface area contributed by atoms with Crippen molar-refractivity contribution in [3.05, 3.63) is 42.0 Å². The molecule has 0 aromatic heterocycles. The first-order valence-electron chi connectivity index (χ1n) is 6.35. The molecule has 1 heterocycles. The van der Waals surface area contributed by atoms with Crippen LogP contribution in [0.5, 0.6) is 0 Å². The van der Waals surface area contributed by atoms with E-state index < -0.39 is 5.97 Å². The average molecular weight is 257 g/mol. The van der Waals surface area contributed by atoms with Crippen LogP contribution in [0.25, 0.3) is 10.8 Å². The molecule has 1 unspecified atom stereocenters. The van der Waals surface area contributed by atoms with Crippen LogP contribution in [0.15, 0.2) is 36.4 Å². The van der Waals surface area contributed by atoms with Crippen LogP contribution < -0.4 is 4.90 Å². The second kappa shape index (κ2) is 4.55. The van der Waals surface area contributed by atoms with Gasteiger partial charge in [-0.05, 0) is 17.9 Å². The fourth-order valence-electron chi connectivity index (χ4n) is 2.71. The maximum Gasteiger partial charge on any atom is 0.337 e. The Hall–Kier alpha value is -2.07. The lowest BCUT2D eigenvalue weighted by molar-refractivity contribution is 0.0697. The SMILES string of the molecule is O=C(O)c1ccc2ccccc2c1N1CCC(O)C1. The lowest BCUT2D eigenvalue weighted by atomic mass is 10.0. The minimum atomic E-state index is -0.929. The molecule has 1 atom stereocenters. The largest absolute Gasteiger partial charge is 0.478 e. The maximum atomic E-state index is 11.4. The Morgan fingerprint density at radius 2 is 2.00 bits per heavy atom. The molecule has 2 N–H and O–H groups in total. The molecule has 0 saturated carbocycles. The van der Waals surface area contributed by atoms with Crippen LogP contribution in [0.2, 0.25) is 0 Å². The number of aliphatic hydroxyl groups is 1. The van der Waals surface area contributed by atoms with E-state index in [4.69, 9.17) is 0 Å². The number of aromatic carboxylic acids is 1. The van der Waals surface area contributed by atoms with Crippen LogP contribution in [-0.2, 0) is 0 Å². The summed E-state index contributed by atoms with van der Waals surface area (Å²) >= 11 is 0. The predicted molar refractivity (Wildman–Crippen MR) is 73.7 cm³/mol. The van der Waals surface area contributed by atoms with Gasteiger partial charge in [0, 0.05) is 18.5 Å². The van der Waals surface area contributed by atoms with E-state index in [9.17, 15) is 15.0 Å². The number of carbonyl (C=O) groups is 1. The van der Waals surface area contributed by atoms with E-state index in [0.29, 0.717) is 25.1 Å². The first-order chi connectivity index (χ1) is 9.16. The molecule has 3 rings (SSSR count). The summed E-state index contributed by atoms with van der Waals surface area (Å²) < 4.78 is 0. The summed E-state index contributed by atoms with van der Waals surface area (Å²) in [6.07, 6.45) is 0.308. The van der Waals surface area contributed by atoms with Gasteiger partial charge in [-0.2, -0.15) is 0 Å². The van der Waals surface area contributed by atoms with Gasteiger partial charge in [0.05, 0.1) is 17.4 Å². The molecule has 0 bridgehead atoms. The predicted octanol–water partition coefficient (Wildman–Crippen LogP) is 2.11. The highest BCUT2D eigenvalue weighted by atomic mass is 16.4. The smallest absolute Gasteiger partial charge is 0.337 e. The van der Waals surface area contributed by atoms with Gasteiger partial charge in [0.1, 0.15) is 0 Å². The number of hydrogen-bond acceptors (Lipinski definition) is 3. The van der Waals surface area contributed by atoms with Crippen molar-refractivity contribution in [2.45, 2.75) is 12.5 Å². The van der Waals surface area contributed by atoms with Gasteiger partial charge in [-0.1, -0.05) is 30.3 Å². The van der Waals surface area contributed by atoms with E-state index in [-0.39, 0.29) is 6.10 Å². The molecule has 98 valence electrons. The zero-order chi connectivity index (χ0) is 13.4. The first-order valence-corrected chi connectivity index (χ1v) is 6.35. The standard InChI is InChI=1S/C15H15NO3/c17-11-7-8-16(9-11)14-12-4-2-1-3-10(12)5-6-13(14)15(18)19/h1-6,11,17H,7-9H2,(H,18,19). The minimum absolute atomic E-state index is 0.299. The van der Waals surface area contributed by atoms with Crippen molar-refractivity contribution in [1.29, 1.82) is 0 Å². The number of β-amino-alcohol motifs (C(OH)–C–C–N with tert-alkyl or cyclic N) is 1. The Labute approximate surface area is 110 Å². The molecular weight excluding hydrogens is 242 g/mol. The molecule has 2 aromatic carbocycles. The van der Waals surface area contributed by atoms with E-state index in [1.165, 1.54) is 0 Å². The van der Waals surface area contributed by atoms with Gasteiger partial charge < -0.3 is 15.1 Å². The summed E-state index contributed by atoms with van der Waals surface area (Å²) in [6, 6.07) is 11.2. The van der Waals surface area contributed by atoms with Gasteiger partial charge in [0.25, 0.3) is 0 Å². The average Bonchev–Trinajstić information content (AvgIpc) is 2.83. The number of rotatable bonds is 2. The number of hydrogen-bond donors (Lipinski definition) is 2. The summed E-state index contributed by atoms with van der Waals surface area (Å²) in [4.78, 5) is 13.4. The number of benzene rings is 2. The monoisotopic (exact) mass is 257 g/mol. The molecule has 0 spiro atoms. The van der Waals surface area contributed by atoms with E-state index in [1.54, 1.807) is 6.07 Å². The summed E-state index contributed by atoms with van der Waals surface area (Å²) in [5.74, 6) is -0.929. The van der Waals surface area contributed by atoms with Crippen LogP contribution in [0, 0.1) is 0 Å².